The number of likely N-dealkylation sites (N-methyl/N-ethyl adjacent to an activating group) is 1. The lowest BCUT2D eigenvalue weighted by Crippen LogP contribution is -2.47. The minimum absolute atomic E-state index is 0.00858. The molecular weight excluding hydrogens is 410 g/mol. The third-order valence-electron chi connectivity index (χ3n) is 4.54. The summed E-state index contributed by atoms with van der Waals surface area (Å²) in [6.45, 7) is 8.31. The van der Waals surface area contributed by atoms with Crippen molar-refractivity contribution in [2.45, 2.75) is 61.7 Å². The summed E-state index contributed by atoms with van der Waals surface area (Å²) in [7, 11) is 3.45. The molecule has 1 rings (SSSR count). The van der Waals surface area contributed by atoms with Crippen LogP contribution in [0.3, 0.4) is 0 Å². The highest BCUT2D eigenvalue weighted by Crippen LogP contribution is 2.40. The van der Waals surface area contributed by atoms with E-state index in [1.807, 2.05) is 30.6 Å². The molecule has 0 aromatic carbocycles. The third-order valence-corrected chi connectivity index (χ3v) is 7.78. The normalized spacial score (nSPS) is 21.3. The van der Waals surface area contributed by atoms with Crippen molar-refractivity contribution in [2.75, 3.05) is 52.0 Å². The predicted molar refractivity (Wildman–Crippen MR) is 123 cm³/mol. The average Bonchev–Trinajstić information content (AvgIpc) is 2.65. The van der Waals surface area contributed by atoms with E-state index in [1.54, 1.807) is 7.11 Å². The maximum atomic E-state index is 12.3. The van der Waals surface area contributed by atoms with Crippen LogP contribution < -0.4 is 16.0 Å². The summed E-state index contributed by atoms with van der Waals surface area (Å²) in [6, 6.07) is -0.330. The van der Waals surface area contributed by atoms with Crippen LogP contribution in [0.4, 0.5) is 0 Å². The smallest absolute Gasteiger partial charge is 0.238 e. The number of thioether (sulfide) groups is 2. The molecule has 0 saturated heterocycles. The van der Waals surface area contributed by atoms with E-state index in [9.17, 15) is 9.59 Å². The molecule has 0 heterocycles. The van der Waals surface area contributed by atoms with E-state index >= 15 is 0 Å². The van der Waals surface area contributed by atoms with Crippen molar-refractivity contribution in [3.05, 3.63) is 0 Å². The van der Waals surface area contributed by atoms with E-state index in [-0.39, 0.29) is 23.5 Å². The Morgan fingerprint density at radius 1 is 1.14 bits per heavy atom. The van der Waals surface area contributed by atoms with Gasteiger partial charge in [0.25, 0.3) is 0 Å². The van der Waals surface area contributed by atoms with E-state index in [4.69, 9.17) is 9.47 Å². The van der Waals surface area contributed by atoms with Crippen molar-refractivity contribution in [1.82, 2.24) is 16.0 Å². The minimum Gasteiger partial charge on any atom is -0.382 e. The maximum absolute atomic E-state index is 12.3. The SMILES string of the molecule is CNC(CSC1CCC1SCC(C=O)NC(C)(C)C)C(=O)NCCOCCOC. The molecule has 1 aliphatic rings. The van der Waals surface area contributed by atoms with Crippen molar-refractivity contribution < 1.29 is 19.1 Å². The number of rotatable bonds is 16. The molecule has 170 valence electrons. The Bertz CT molecular complexity index is 477. The first-order valence-corrected chi connectivity index (χ1v) is 12.4. The largest absolute Gasteiger partial charge is 0.382 e. The molecule has 4 unspecified atom stereocenters. The average molecular weight is 450 g/mol. The van der Waals surface area contributed by atoms with E-state index in [1.165, 1.54) is 12.8 Å². The van der Waals surface area contributed by atoms with Crippen molar-refractivity contribution in [1.29, 1.82) is 0 Å². The molecule has 0 aromatic rings. The lowest BCUT2D eigenvalue weighted by Gasteiger charge is -2.37. The highest BCUT2D eigenvalue weighted by molar-refractivity contribution is 8.04. The quantitative estimate of drug-likeness (QED) is 0.240. The van der Waals surface area contributed by atoms with Gasteiger partial charge < -0.3 is 30.2 Å². The molecule has 0 aromatic heterocycles. The Labute approximate surface area is 184 Å². The fraction of sp³-hybridized carbons (Fsp3) is 0.900. The summed E-state index contributed by atoms with van der Waals surface area (Å²) < 4.78 is 10.3. The molecule has 3 N–H and O–H groups in total. The van der Waals surface area contributed by atoms with Crippen molar-refractivity contribution in [3.8, 4) is 0 Å². The van der Waals surface area contributed by atoms with Gasteiger partial charge in [-0.1, -0.05) is 0 Å². The van der Waals surface area contributed by atoms with Gasteiger partial charge in [0.15, 0.2) is 0 Å². The van der Waals surface area contributed by atoms with Gasteiger partial charge in [-0.05, 0) is 40.7 Å². The van der Waals surface area contributed by atoms with Crippen LogP contribution in [0.2, 0.25) is 0 Å². The molecule has 0 bridgehead atoms. The van der Waals surface area contributed by atoms with Gasteiger partial charge in [0.05, 0.1) is 31.9 Å². The van der Waals surface area contributed by atoms with Crippen molar-refractivity contribution >= 4 is 35.7 Å². The second kappa shape index (κ2) is 14.6. The van der Waals surface area contributed by atoms with Crippen molar-refractivity contribution in [2.24, 2.45) is 0 Å². The summed E-state index contributed by atoms with van der Waals surface area (Å²) in [5.74, 6) is 1.54. The van der Waals surface area contributed by atoms with Gasteiger partial charge in [-0.25, -0.2) is 0 Å². The number of carbonyl (C=O) groups is 2. The Morgan fingerprint density at radius 3 is 2.31 bits per heavy atom. The maximum Gasteiger partial charge on any atom is 0.238 e. The standard InChI is InChI=1S/C20H39N3O4S2/c1-20(2,3)23-15(12-24)13-28-17-6-7-18(17)29-14-16(21-4)19(25)22-8-9-27-11-10-26-5/h12,15-18,21,23H,6-11,13-14H2,1-5H3,(H,22,25). The van der Waals surface area contributed by atoms with Gasteiger partial charge >= 0.3 is 0 Å². The predicted octanol–water partition coefficient (Wildman–Crippen LogP) is 1.31. The Morgan fingerprint density at radius 2 is 1.79 bits per heavy atom. The zero-order valence-corrected chi connectivity index (χ0v) is 20.1. The third kappa shape index (κ3) is 11.6. The van der Waals surface area contributed by atoms with Crippen LogP contribution in [0.15, 0.2) is 0 Å². The number of methoxy groups -OCH3 is 1. The number of nitrogens with one attached hydrogen (secondary N) is 3. The monoisotopic (exact) mass is 449 g/mol. The van der Waals surface area contributed by atoms with Crippen LogP contribution in [0, 0.1) is 0 Å². The van der Waals surface area contributed by atoms with E-state index < -0.39 is 0 Å². The molecule has 0 spiro atoms. The van der Waals surface area contributed by atoms with Gasteiger partial charge in [0.2, 0.25) is 5.91 Å². The highest BCUT2D eigenvalue weighted by atomic mass is 32.2. The number of ether oxygens (including phenoxy) is 2. The van der Waals surface area contributed by atoms with Crippen LogP contribution >= 0.6 is 23.5 Å². The van der Waals surface area contributed by atoms with Gasteiger partial charge in [-0.3, -0.25) is 4.79 Å². The summed E-state index contributed by atoms with van der Waals surface area (Å²) >= 11 is 3.73. The van der Waals surface area contributed by atoms with Gasteiger partial charge in [0, 0.05) is 41.2 Å². The summed E-state index contributed by atoms with van der Waals surface area (Å²) in [5.41, 5.74) is -0.0674. The number of aldehydes is 1. The van der Waals surface area contributed by atoms with Crippen molar-refractivity contribution in [3.63, 3.8) is 0 Å². The molecule has 0 radical (unpaired) electrons. The van der Waals surface area contributed by atoms with Crippen LogP contribution in [-0.2, 0) is 19.1 Å². The first-order valence-electron chi connectivity index (χ1n) is 10.3. The van der Waals surface area contributed by atoms with E-state index in [2.05, 4.69) is 36.7 Å². The molecule has 29 heavy (non-hydrogen) atoms. The molecule has 9 heteroatoms. The van der Waals surface area contributed by atoms with Gasteiger partial charge in [-0.15, -0.1) is 0 Å². The fourth-order valence-corrected chi connectivity index (χ4v) is 5.99. The second-order valence-corrected chi connectivity index (χ2v) is 10.7. The zero-order chi connectivity index (χ0) is 21.7. The van der Waals surface area contributed by atoms with Crippen LogP contribution in [-0.4, -0.2) is 92.3 Å². The van der Waals surface area contributed by atoms with E-state index in [0.29, 0.717) is 36.9 Å². The summed E-state index contributed by atoms with van der Waals surface area (Å²) in [6.07, 6.45) is 3.37. The van der Waals surface area contributed by atoms with Crippen LogP contribution in [0.5, 0.6) is 0 Å². The first kappa shape index (κ1) is 26.7. The molecule has 1 amide bonds. The highest BCUT2D eigenvalue weighted by Gasteiger charge is 2.33. The number of carbonyl (C=O) groups excluding carboxylic acids is 2. The molecule has 1 fully saturated rings. The lowest BCUT2D eigenvalue weighted by atomic mass is 9.99. The Balaban J connectivity index is 2.26. The minimum atomic E-state index is -0.212. The topological polar surface area (TPSA) is 88.7 Å². The molecule has 0 aliphatic heterocycles. The van der Waals surface area contributed by atoms with Gasteiger partial charge in [0.1, 0.15) is 6.29 Å². The molecular formula is C20H39N3O4S2. The summed E-state index contributed by atoms with van der Waals surface area (Å²) in [5, 5.41) is 10.5. The van der Waals surface area contributed by atoms with Crippen LogP contribution in [0.25, 0.3) is 0 Å². The summed E-state index contributed by atoms with van der Waals surface area (Å²) in [4.78, 5) is 23.7. The Kier molecular flexibility index (Phi) is 13.5. The zero-order valence-electron chi connectivity index (χ0n) is 18.5. The fourth-order valence-electron chi connectivity index (χ4n) is 2.84. The van der Waals surface area contributed by atoms with E-state index in [0.717, 1.165) is 17.8 Å². The number of hydrogen-bond donors (Lipinski definition) is 3. The number of amides is 1. The molecule has 1 aliphatic carbocycles. The second-order valence-electron chi connectivity index (χ2n) is 8.20. The lowest BCUT2D eigenvalue weighted by molar-refractivity contribution is -0.122. The molecule has 1 saturated carbocycles. The molecule has 7 nitrogen and oxygen atoms in total. The molecule has 4 atom stereocenters. The van der Waals surface area contributed by atoms with Gasteiger partial charge in [-0.2, -0.15) is 23.5 Å². The van der Waals surface area contributed by atoms with Crippen LogP contribution in [0.1, 0.15) is 33.6 Å². The Hall–Kier alpha value is -0.320. The first-order chi connectivity index (χ1) is 13.8. The number of hydrogen-bond acceptors (Lipinski definition) is 8.